The van der Waals surface area contributed by atoms with Gasteiger partial charge in [-0.15, -0.1) is 0 Å². The van der Waals surface area contributed by atoms with Gasteiger partial charge in [0.05, 0.1) is 0 Å². The molecule has 2 N–H and O–H groups in total. The third-order valence-corrected chi connectivity index (χ3v) is 4.97. The van der Waals surface area contributed by atoms with Gasteiger partial charge in [-0.05, 0) is 61.4 Å². The number of carbonyl (C=O) groups excluding carboxylic acids is 3. The molecule has 0 aliphatic carbocycles. The molecular formula is C21H22ClN3O3. The Labute approximate surface area is 168 Å². The molecule has 28 heavy (non-hydrogen) atoms. The van der Waals surface area contributed by atoms with Gasteiger partial charge in [-0.25, -0.2) is 0 Å². The van der Waals surface area contributed by atoms with Crippen molar-refractivity contribution in [2.75, 3.05) is 23.7 Å². The average Bonchev–Trinajstić information content (AvgIpc) is 2.69. The van der Waals surface area contributed by atoms with Crippen LogP contribution in [-0.4, -0.2) is 35.7 Å². The van der Waals surface area contributed by atoms with Crippen molar-refractivity contribution in [1.29, 1.82) is 0 Å². The van der Waals surface area contributed by atoms with Gasteiger partial charge in [0.2, 0.25) is 11.8 Å². The van der Waals surface area contributed by atoms with Crippen LogP contribution in [0.25, 0.3) is 0 Å². The number of anilines is 2. The molecule has 2 aromatic rings. The van der Waals surface area contributed by atoms with E-state index in [0.29, 0.717) is 47.9 Å². The molecule has 0 bridgehead atoms. The van der Waals surface area contributed by atoms with E-state index in [1.54, 1.807) is 53.4 Å². The minimum atomic E-state index is -0.142. The van der Waals surface area contributed by atoms with Crippen molar-refractivity contribution in [1.82, 2.24) is 4.90 Å². The van der Waals surface area contributed by atoms with Gasteiger partial charge < -0.3 is 15.5 Å². The third-order valence-electron chi connectivity index (χ3n) is 4.72. The fourth-order valence-electron chi connectivity index (χ4n) is 3.20. The Balaban J connectivity index is 1.51. The molecule has 1 saturated heterocycles. The van der Waals surface area contributed by atoms with E-state index in [0.717, 1.165) is 0 Å². The lowest BCUT2D eigenvalue weighted by atomic mass is 9.95. The van der Waals surface area contributed by atoms with Crippen LogP contribution in [0.1, 0.15) is 30.1 Å². The summed E-state index contributed by atoms with van der Waals surface area (Å²) >= 11 is 5.87. The van der Waals surface area contributed by atoms with Crippen molar-refractivity contribution in [3.05, 3.63) is 59.1 Å². The van der Waals surface area contributed by atoms with Gasteiger partial charge in [0.1, 0.15) is 0 Å². The second kappa shape index (κ2) is 8.89. The second-order valence-electron chi connectivity index (χ2n) is 6.82. The van der Waals surface area contributed by atoms with Crippen LogP contribution in [0.4, 0.5) is 11.4 Å². The van der Waals surface area contributed by atoms with E-state index in [4.69, 9.17) is 11.6 Å². The van der Waals surface area contributed by atoms with E-state index in [1.165, 1.54) is 6.92 Å². The van der Waals surface area contributed by atoms with Crippen LogP contribution in [0.15, 0.2) is 48.5 Å². The summed E-state index contributed by atoms with van der Waals surface area (Å²) in [6.45, 7) is 2.53. The summed E-state index contributed by atoms with van der Waals surface area (Å²) in [7, 11) is 0. The van der Waals surface area contributed by atoms with Crippen LogP contribution in [0.2, 0.25) is 5.02 Å². The van der Waals surface area contributed by atoms with E-state index in [1.807, 2.05) is 0 Å². The lowest BCUT2D eigenvalue weighted by molar-refractivity contribution is -0.121. The maximum absolute atomic E-state index is 12.5. The molecule has 6 nitrogen and oxygen atoms in total. The van der Waals surface area contributed by atoms with Gasteiger partial charge in [-0.3, -0.25) is 14.4 Å². The van der Waals surface area contributed by atoms with Crippen LogP contribution in [0, 0.1) is 5.92 Å². The van der Waals surface area contributed by atoms with Crippen molar-refractivity contribution >= 4 is 40.7 Å². The Morgan fingerprint density at radius 1 is 0.893 bits per heavy atom. The first-order valence-electron chi connectivity index (χ1n) is 9.16. The second-order valence-corrected chi connectivity index (χ2v) is 7.26. The standard InChI is InChI=1S/C21H22ClN3O3/c1-14(26)23-18-6-8-19(9-7-18)24-20(27)15-10-12-25(13-11-15)21(28)16-2-4-17(22)5-3-16/h2-9,15H,10-13H2,1H3,(H,23,26)(H,24,27). The number of carbonyl (C=O) groups is 3. The van der Waals surface area contributed by atoms with Gasteiger partial charge in [0, 0.05) is 47.9 Å². The Kier molecular flexibility index (Phi) is 6.31. The fraction of sp³-hybridized carbons (Fsp3) is 0.286. The number of rotatable bonds is 4. The molecule has 0 aromatic heterocycles. The first kappa shape index (κ1) is 19.9. The van der Waals surface area contributed by atoms with E-state index < -0.39 is 0 Å². The number of likely N-dealkylation sites (tertiary alicyclic amines) is 1. The summed E-state index contributed by atoms with van der Waals surface area (Å²) in [5.41, 5.74) is 1.96. The van der Waals surface area contributed by atoms with E-state index in [2.05, 4.69) is 10.6 Å². The highest BCUT2D eigenvalue weighted by Crippen LogP contribution is 2.22. The first-order chi connectivity index (χ1) is 13.4. The van der Waals surface area contributed by atoms with E-state index >= 15 is 0 Å². The van der Waals surface area contributed by atoms with Crippen LogP contribution >= 0.6 is 11.6 Å². The van der Waals surface area contributed by atoms with Gasteiger partial charge in [-0.1, -0.05) is 11.6 Å². The van der Waals surface area contributed by atoms with Crippen LogP contribution in [-0.2, 0) is 9.59 Å². The molecule has 1 fully saturated rings. The first-order valence-corrected chi connectivity index (χ1v) is 9.53. The molecular weight excluding hydrogens is 378 g/mol. The number of hydrogen-bond donors (Lipinski definition) is 2. The summed E-state index contributed by atoms with van der Waals surface area (Å²) in [6, 6.07) is 13.8. The zero-order chi connectivity index (χ0) is 20.1. The monoisotopic (exact) mass is 399 g/mol. The SMILES string of the molecule is CC(=O)Nc1ccc(NC(=O)C2CCN(C(=O)c3ccc(Cl)cc3)CC2)cc1. The minimum absolute atomic E-state index is 0.0379. The maximum atomic E-state index is 12.5. The number of nitrogens with zero attached hydrogens (tertiary/aromatic N) is 1. The highest BCUT2D eigenvalue weighted by Gasteiger charge is 2.27. The zero-order valence-corrected chi connectivity index (χ0v) is 16.3. The van der Waals surface area contributed by atoms with Crippen LogP contribution in [0.5, 0.6) is 0 Å². The highest BCUT2D eigenvalue weighted by molar-refractivity contribution is 6.30. The number of benzene rings is 2. The Bertz CT molecular complexity index is 857. The molecule has 3 amide bonds. The summed E-state index contributed by atoms with van der Waals surface area (Å²) < 4.78 is 0. The van der Waals surface area contributed by atoms with Crippen LogP contribution in [0.3, 0.4) is 0 Å². The average molecular weight is 400 g/mol. The van der Waals surface area contributed by atoms with Crippen molar-refractivity contribution in [2.45, 2.75) is 19.8 Å². The number of nitrogens with one attached hydrogen (secondary N) is 2. The van der Waals surface area contributed by atoms with E-state index in [9.17, 15) is 14.4 Å². The molecule has 0 spiro atoms. The summed E-state index contributed by atoms with van der Waals surface area (Å²) in [6.07, 6.45) is 1.24. The molecule has 1 aliphatic heterocycles. The molecule has 1 heterocycles. The summed E-state index contributed by atoms with van der Waals surface area (Å²) in [4.78, 5) is 37.9. The normalized spacial score (nSPS) is 14.4. The number of amides is 3. The maximum Gasteiger partial charge on any atom is 0.253 e. The predicted octanol–water partition coefficient (Wildman–Crippen LogP) is 3.79. The largest absolute Gasteiger partial charge is 0.339 e. The third kappa shape index (κ3) is 5.10. The van der Waals surface area contributed by atoms with Gasteiger partial charge in [0.25, 0.3) is 5.91 Å². The summed E-state index contributed by atoms with van der Waals surface area (Å²) in [5, 5.41) is 6.18. The van der Waals surface area contributed by atoms with Gasteiger partial charge in [-0.2, -0.15) is 0 Å². The van der Waals surface area contributed by atoms with Gasteiger partial charge >= 0.3 is 0 Å². The molecule has 7 heteroatoms. The lowest BCUT2D eigenvalue weighted by Crippen LogP contribution is -2.41. The smallest absolute Gasteiger partial charge is 0.253 e. The molecule has 2 aromatic carbocycles. The van der Waals surface area contributed by atoms with Crippen molar-refractivity contribution < 1.29 is 14.4 Å². The zero-order valence-electron chi connectivity index (χ0n) is 15.6. The van der Waals surface area contributed by atoms with E-state index in [-0.39, 0.29) is 23.6 Å². The Morgan fingerprint density at radius 3 is 1.96 bits per heavy atom. The molecule has 0 atom stereocenters. The van der Waals surface area contributed by atoms with Crippen molar-refractivity contribution in [3.63, 3.8) is 0 Å². The molecule has 1 aliphatic rings. The molecule has 3 rings (SSSR count). The quantitative estimate of drug-likeness (QED) is 0.820. The Morgan fingerprint density at radius 2 is 1.43 bits per heavy atom. The number of hydrogen-bond acceptors (Lipinski definition) is 3. The number of halogens is 1. The fourth-order valence-corrected chi connectivity index (χ4v) is 3.33. The molecule has 0 unspecified atom stereocenters. The summed E-state index contributed by atoms with van der Waals surface area (Å²) in [5.74, 6) is -0.365. The van der Waals surface area contributed by atoms with Crippen molar-refractivity contribution in [2.24, 2.45) is 5.92 Å². The predicted molar refractivity (Wildman–Crippen MR) is 109 cm³/mol. The topological polar surface area (TPSA) is 78.5 Å². The minimum Gasteiger partial charge on any atom is -0.339 e. The Hall–Kier alpha value is -2.86. The number of piperidine rings is 1. The molecule has 0 radical (unpaired) electrons. The lowest BCUT2D eigenvalue weighted by Gasteiger charge is -2.31. The van der Waals surface area contributed by atoms with Gasteiger partial charge in [0.15, 0.2) is 0 Å². The molecule has 0 saturated carbocycles. The van der Waals surface area contributed by atoms with Crippen molar-refractivity contribution in [3.8, 4) is 0 Å². The highest BCUT2D eigenvalue weighted by atomic mass is 35.5. The molecule has 146 valence electrons. The van der Waals surface area contributed by atoms with Crippen LogP contribution < -0.4 is 10.6 Å².